The number of aromatic amines is 1. The molecule has 1 unspecified atom stereocenters. The maximum atomic E-state index is 12.1. The third-order valence-corrected chi connectivity index (χ3v) is 10.5. The number of anilines is 1. The molecule has 3 rings (SSSR count). The van der Waals surface area contributed by atoms with Crippen molar-refractivity contribution in [3.63, 3.8) is 0 Å². The molecule has 4 N–H and O–H groups in total. The van der Waals surface area contributed by atoms with Crippen LogP contribution < -0.4 is 11.3 Å². The zero-order valence-corrected chi connectivity index (χ0v) is 18.3. The van der Waals surface area contributed by atoms with Crippen molar-refractivity contribution in [2.45, 2.75) is 63.3 Å². The van der Waals surface area contributed by atoms with Crippen molar-refractivity contribution in [3.8, 4) is 0 Å². The summed E-state index contributed by atoms with van der Waals surface area (Å²) in [5.41, 5.74) is 4.31. The Morgan fingerprint density at radius 3 is 2.79 bits per heavy atom. The van der Waals surface area contributed by atoms with Crippen LogP contribution in [0.3, 0.4) is 0 Å². The number of nitrogens with zero attached hydrogens (tertiary/aromatic N) is 4. The van der Waals surface area contributed by atoms with Crippen LogP contribution in [0, 0.1) is 4.91 Å². The van der Waals surface area contributed by atoms with Crippen molar-refractivity contribution in [1.82, 2.24) is 19.5 Å². The molecule has 29 heavy (non-hydrogen) atoms. The number of hydrogen-bond acceptors (Lipinski definition) is 9. The molecule has 0 aromatic carbocycles. The number of nitrogens with two attached hydrogens (primary N) is 1. The van der Waals surface area contributed by atoms with Crippen LogP contribution in [0.2, 0.25) is 18.1 Å². The van der Waals surface area contributed by atoms with Gasteiger partial charge in [-0.15, -0.1) is 0 Å². The molecule has 0 spiro atoms. The van der Waals surface area contributed by atoms with E-state index in [1.54, 1.807) is 4.57 Å². The Morgan fingerprint density at radius 2 is 2.21 bits per heavy atom. The fraction of sp³-hybridized carbons (Fsp3) is 0.706. The van der Waals surface area contributed by atoms with E-state index < -0.39 is 38.4 Å². The van der Waals surface area contributed by atoms with Crippen LogP contribution >= 0.6 is 0 Å². The third kappa shape index (κ3) is 3.72. The minimum atomic E-state index is -2.24. The van der Waals surface area contributed by atoms with E-state index in [9.17, 15) is 14.8 Å². The molecule has 160 valence electrons. The summed E-state index contributed by atoms with van der Waals surface area (Å²) in [6, 6.07) is 0. The van der Waals surface area contributed by atoms with Crippen LogP contribution in [0.25, 0.3) is 11.2 Å². The fourth-order valence-corrected chi connectivity index (χ4v) is 4.62. The second kappa shape index (κ2) is 7.27. The fourth-order valence-electron chi connectivity index (χ4n) is 3.24. The molecule has 0 bridgehead atoms. The highest BCUT2D eigenvalue weighted by Crippen LogP contribution is 2.45. The number of H-pyrrole nitrogens is 1. The van der Waals surface area contributed by atoms with E-state index in [2.05, 4.69) is 54.0 Å². The first kappa shape index (κ1) is 21.6. The van der Waals surface area contributed by atoms with E-state index in [0.717, 1.165) is 0 Å². The molecule has 3 heterocycles. The number of hydrogen-bond donors (Lipinski definition) is 3. The summed E-state index contributed by atoms with van der Waals surface area (Å²) in [6.45, 7) is 9.80. The lowest BCUT2D eigenvalue weighted by Crippen LogP contribution is -2.53. The number of nitroso groups, excluding NO2 is 1. The normalized spacial score (nSPS) is 25.6. The van der Waals surface area contributed by atoms with Crippen molar-refractivity contribution >= 4 is 25.4 Å². The highest BCUT2D eigenvalue weighted by Gasteiger charge is 2.54. The largest absolute Gasteiger partial charge is 0.411 e. The number of nitrogen functional groups attached to an aromatic ring is 1. The summed E-state index contributed by atoms with van der Waals surface area (Å²) >= 11 is 0. The lowest BCUT2D eigenvalue weighted by atomic mass is 9.98. The zero-order chi connectivity index (χ0) is 21.6. The predicted molar refractivity (Wildman–Crippen MR) is 110 cm³/mol. The Kier molecular flexibility index (Phi) is 5.40. The Hall–Kier alpha value is -2.15. The number of fused-ring (bicyclic) bond motifs is 1. The first-order valence-corrected chi connectivity index (χ1v) is 12.3. The van der Waals surface area contributed by atoms with E-state index in [-0.39, 0.29) is 28.7 Å². The van der Waals surface area contributed by atoms with Crippen molar-refractivity contribution in [1.29, 1.82) is 0 Å². The molecule has 1 aliphatic rings. The van der Waals surface area contributed by atoms with E-state index in [1.807, 2.05) is 0 Å². The van der Waals surface area contributed by atoms with Gasteiger partial charge in [0.2, 0.25) is 5.95 Å². The summed E-state index contributed by atoms with van der Waals surface area (Å²) in [5.74, 6) is -0.0423. The van der Waals surface area contributed by atoms with Crippen LogP contribution in [0.15, 0.2) is 16.3 Å². The van der Waals surface area contributed by atoms with E-state index >= 15 is 0 Å². The molecule has 1 saturated heterocycles. The minimum Gasteiger partial charge on any atom is -0.411 e. The molecule has 0 saturated carbocycles. The van der Waals surface area contributed by atoms with Gasteiger partial charge in [0.15, 0.2) is 19.5 Å². The van der Waals surface area contributed by atoms with Gasteiger partial charge in [0.1, 0.15) is 18.4 Å². The number of aromatic nitrogens is 4. The second-order valence-corrected chi connectivity index (χ2v) is 13.7. The Balaban J connectivity index is 2.02. The van der Waals surface area contributed by atoms with Gasteiger partial charge < -0.3 is 20.0 Å². The summed E-state index contributed by atoms with van der Waals surface area (Å²) in [4.78, 5) is 33.9. The zero-order valence-electron chi connectivity index (χ0n) is 17.3. The van der Waals surface area contributed by atoms with Crippen LogP contribution in [-0.4, -0.2) is 57.8 Å². The lowest BCUT2D eigenvalue weighted by molar-refractivity contribution is -0.117. The lowest BCUT2D eigenvalue weighted by Gasteiger charge is -2.41. The Morgan fingerprint density at radius 1 is 1.52 bits per heavy atom. The SMILES string of the molecule is CC(C)(C)[Si](C)(C)OC1C[C@H](n2cnc3c(=O)[nH]c(N)nc32)O[C@@]1(CO)CN=O. The van der Waals surface area contributed by atoms with Gasteiger partial charge >= 0.3 is 0 Å². The van der Waals surface area contributed by atoms with Crippen molar-refractivity contribution in [3.05, 3.63) is 21.6 Å². The number of aliphatic hydroxyl groups is 1. The van der Waals surface area contributed by atoms with E-state index in [0.29, 0.717) is 6.42 Å². The first-order valence-electron chi connectivity index (χ1n) is 9.42. The van der Waals surface area contributed by atoms with Gasteiger partial charge in [-0.3, -0.25) is 14.3 Å². The monoisotopic (exact) mass is 424 g/mol. The molecule has 12 heteroatoms. The van der Waals surface area contributed by atoms with Gasteiger partial charge in [0.05, 0.1) is 19.0 Å². The molecular formula is C17H28N6O5Si. The average molecular weight is 425 g/mol. The maximum Gasteiger partial charge on any atom is 0.280 e. The third-order valence-electron chi connectivity index (χ3n) is 5.98. The number of nitrogens with one attached hydrogen (secondary N) is 1. The number of aliphatic hydroxyl groups excluding tert-OH is 1. The van der Waals surface area contributed by atoms with Crippen molar-refractivity contribution in [2.75, 3.05) is 18.9 Å². The van der Waals surface area contributed by atoms with Crippen LogP contribution in [0.5, 0.6) is 0 Å². The molecule has 0 radical (unpaired) electrons. The molecule has 3 atom stereocenters. The van der Waals surface area contributed by atoms with Gasteiger partial charge in [0.25, 0.3) is 5.56 Å². The number of ether oxygens (including phenoxy) is 1. The topological polar surface area (TPSA) is 158 Å². The summed E-state index contributed by atoms with van der Waals surface area (Å²) in [7, 11) is -2.24. The molecule has 0 aliphatic carbocycles. The number of imidazole rings is 1. The molecule has 1 fully saturated rings. The Labute approximate surface area is 168 Å². The van der Waals surface area contributed by atoms with Crippen molar-refractivity contribution in [2.24, 2.45) is 5.18 Å². The van der Waals surface area contributed by atoms with Gasteiger partial charge in [-0.05, 0) is 18.1 Å². The summed E-state index contributed by atoms with van der Waals surface area (Å²) in [6.07, 6.45) is 0.551. The summed E-state index contributed by atoms with van der Waals surface area (Å²) < 4.78 is 14.2. The quantitative estimate of drug-likeness (QED) is 0.465. The van der Waals surface area contributed by atoms with Crippen LogP contribution in [-0.2, 0) is 9.16 Å². The average Bonchev–Trinajstić information content (AvgIpc) is 3.16. The van der Waals surface area contributed by atoms with Gasteiger partial charge in [-0.1, -0.05) is 25.9 Å². The second-order valence-electron chi connectivity index (χ2n) is 8.96. The molecule has 11 nitrogen and oxygen atoms in total. The van der Waals surface area contributed by atoms with Gasteiger partial charge in [-0.2, -0.15) is 9.89 Å². The molecule has 0 amide bonds. The standard InChI is InChI=1S/C17H28N6O5Si/c1-16(2,3)29(4,5)28-10-6-11(27-17(10,8-24)7-20-26)23-9-19-12-13(23)21-15(18)22-14(12)25/h9-11,24H,6-8H2,1-5H3,(H3,18,21,22,25)/t10?,11-,17-/m1/s1. The molecule has 2 aromatic heterocycles. The number of rotatable bonds is 6. The molecule has 2 aromatic rings. The molecule has 1 aliphatic heterocycles. The summed E-state index contributed by atoms with van der Waals surface area (Å²) in [5, 5.41) is 13.0. The van der Waals surface area contributed by atoms with Crippen molar-refractivity contribution < 1.29 is 14.3 Å². The maximum absolute atomic E-state index is 12.1. The Bertz CT molecular complexity index is 967. The molecular weight excluding hydrogens is 396 g/mol. The minimum absolute atomic E-state index is 0.0423. The smallest absolute Gasteiger partial charge is 0.280 e. The highest BCUT2D eigenvalue weighted by atomic mass is 28.4. The van der Waals surface area contributed by atoms with E-state index in [4.69, 9.17) is 14.9 Å². The van der Waals surface area contributed by atoms with E-state index in [1.165, 1.54) is 6.33 Å². The first-order chi connectivity index (χ1) is 13.4. The van der Waals surface area contributed by atoms with Gasteiger partial charge in [0, 0.05) is 6.42 Å². The predicted octanol–water partition coefficient (Wildman–Crippen LogP) is 1.51. The highest BCUT2D eigenvalue weighted by molar-refractivity contribution is 6.74. The van der Waals surface area contributed by atoms with Crippen LogP contribution in [0.4, 0.5) is 5.95 Å². The van der Waals surface area contributed by atoms with Crippen LogP contribution in [0.1, 0.15) is 33.4 Å². The van der Waals surface area contributed by atoms with Gasteiger partial charge in [-0.25, -0.2) is 4.98 Å².